The number of benzene rings is 2. The molecule has 2 aromatic rings. The summed E-state index contributed by atoms with van der Waals surface area (Å²) in [4.78, 5) is 12.1. The van der Waals surface area contributed by atoms with Crippen molar-refractivity contribution in [2.45, 2.75) is 33.1 Å². The molecule has 0 saturated carbocycles. The Morgan fingerprint density at radius 3 is 2.38 bits per heavy atom. The van der Waals surface area contributed by atoms with E-state index >= 15 is 0 Å². The molecule has 2 rings (SSSR count). The van der Waals surface area contributed by atoms with Crippen LogP contribution in [0.25, 0.3) is 6.08 Å². The number of ether oxygens (including phenoxy) is 1. The largest absolute Gasteiger partial charge is 0.492 e. The van der Waals surface area contributed by atoms with Crippen molar-refractivity contribution in [1.82, 2.24) is 0 Å². The van der Waals surface area contributed by atoms with Gasteiger partial charge < -0.3 is 10.1 Å². The molecule has 1 N–H and O–H groups in total. The van der Waals surface area contributed by atoms with Gasteiger partial charge in [0.2, 0.25) is 5.91 Å². The average Bonchev–Trinajstić information content (AvgIpc) is 2.55. The summed E-state index contributed by atoms with van der Waals surface area (Å²) in [5.74, 6) is 0.498. The van der Waals surface area contributed by atoms with E-state index < -0.39 is 0 Å². The smallest absolute Gasteiger partial charge is 0.248 e. The van der Waals surface area contributed by atoms with Crippen LogP contribution in [0, 0.1) is 0 Å². The summed E-state index contributed by atoms with van der Waals surface area (Å²) in [7, 11) is 0. The zero-order valence-corrected chi connectivity index (χ0v) is 14.8. The first-order chi connectivity index (χ1) is 11.4. The van der Waals surface area contributed by atoms with Crippen molar-refractivity contribution >= 4 is 17.7 Å². The lowest BCUT2D eigenvalue weighted by Crippen LogP contribution is -2.10. The summed E-state index contributed by atoms with van der Waals surface area (Å²) in [5, 5.41) is 2.85. The van der Waals surface area contributed by atoms with E-state index in [2.05, 4.69) is 38.2 Å². The number of anilines is 1. The van der Waals surface area contributed by atoms with Crippen LogP contribution in [0.2, 0.25) is 0 Å². The maximum Gasteiger partial charge on any atom is 0.248 e. The Balaban J connectivity index is 2.03. The van der Waals surface area contributed by atoms with Crippen LogP contribution in [-0.4, -0.2) is 12.5 Å². The number of amides is 1. The molecule has 0 atom stereocenters. The Bertz CT molecular complexity index is 709. The molecule has 0 bridgehead atoms. The number of para-hydroxylation sites is 2. The molecule has 0 aliphatic rings. The van der Waals surface area contributed by atoms with E-state index in [1.165, 1.54) is 11.6 Å². The molecule has 0 saturated heterocycles. The summed E-state index contributed by atoms with van der Waals surface area (Å²) >= 11 is 0. The highest BCUT2D eigenvalue weighted by atomic mass is 16.5. The van der Waals surface area contributed by atoms with Gasteiger partial charge in [-0.15, -0.1) is 0 Å². The second-order valence-electron chi connectivity index (χ2n) is 6.62. The number of rotatable bonds is 5. The Morgan fingerprint density at radius 2 is 1.75 bits per heavy atom. The number of carbonyl (C=O) groups is 1. The molecular weight excluding hydrogens is 298 g/mol. The maximum absolute atomic E-state index is 12.1. The lowest BCUT2D eigenvalue weighted by molar-refractivity contribution is -0.111. The Hall–Kier alpha value is -2.55. The van der Waals surface area contributed by atoms with E-state index in [0.29, 0.717) is 18.0 Å². The molecule has 0 aliphatic heterocycles. The molecule has 0 spiro atoms. The molecule has 0 fully saturated rings. The normalized spacial score (nSPS) is 11.5. The van der Waals surface area contributed by atoms with Crippen molar-refractivity contribution in [2.75, 3.05) is 11.9 Å². The Kier molecular flexibility index (Phi) is 5.80. The second-order valence-corrected chi connectivity index (χ2v) is 6.62. The summed E-state index contributed by atoms with van der Waals surface area (Å²) < 4.78 is 5.51. The monoisotopic (exact) mass is 323 g/mol. The fourth-order valence-electron chi connectivity index (χ4n) is 2.29. The molecule has 24 heavy (non-hydrogen) atoms. The minimum atomic E-state index is -0.179. The van der Waals surface area contributed by atoms with Crippen molar-refractivity contribution in [3.63, 3.8) is 0 Å². The summed E-state index contributed by atoms with van der Waals surface area (Å²) in [6.45, 7) is 9.02. The van der Waals surface area contributed by atoms with Gasteiger partial charge in [0.1, 0.15) is 5.75 Å². The van der Waals surface area contributed by atoms with Crippen LogP contribution in [0.4, 0.5) is 5.69 Å². The van der Waals surface area contributed by atoms with Gasteiger partial charge in [-0.05, 0) is 41.7 Å². The lowest BCUT2D eigenvalue weighted by atomic mass is 9.87. The van der Waals surface area contributed by atoms with E-state index in [4.69, 9.17) is 4.74 Å². The zero-order chi connectivity index (χ0) is 17.6. The van der Waals surface area contributed by atoms with Crippen molar-refractivity contribution in [3.8, 4) is 5.75 Å². The maximum atomic E-state index is 12.1. The fraction of sp³-hybridized carbons (Fsp3) is 0.286. The Labute approximate surface area is 144 Å². The second kappa shape index (κ2) is 7.82. The standard InChI is InChI=1S/C21H25NO2/c1-5-24-19-9-7-6-8-18(19)22-20(23)15-12-16-10-13-17(14-11-16)21(2,3)4/h6-15H,5H2,1-4H3,(H,22,23). The first-order valence-electron chi connectivity index (χ1n) is 8.21. The quantitative estimate of drug-likeness (QED) is 0.783. The van der Waals surface area contributed by atoms with Gasteiger partial charge in [-0.1, -0.05) is 57.2 Å². The van der Waals surface area contributed by atoms with Gasteiger partial charge in [0.25, 0.3) is 0 Å². The molecule has 2 aromatic carbocycles. The molecule has 0 radical (unpaired) electrons. The van der Waals surface area contributed by atoms with Crippen molar-refractivity contribution in [2.24, 2.45) is 0 Å². The van der Waals surface area contributed by atoms with Gasteiger partial charge in [0.05, 0.1) is 12.3 Å². The third-order valence-electron chi connectivity index (χ3n) is 3.65. The first kappa shape index (κ1) is 17.8. The summed E-state index contributed by atoms with van der Waals surface area (Å²) in [5.41, 5.74) is 3.07. The molecule has 3 heteroatoms. The van der Waals surface area contributed by atoms with Gasteiger partial charge in [0, 0.05) is 6.08 Å². The molecule has 0 heterocycles. The number of hydrogen-bond acceptors (Lipinski definition) is 2. The molecule has 3 nitrogen and oxygen atoms in total. The molecular formula is C21H25NO2. The van der Waals surface area contributed by atoms with E-state index in [-0.39, 0.29) is 11.3 Å². The minimum Gasteiger partial charge on any atom is -0.492 e. The molecule has 0 unspecified atom stereocenters. The van der Waals surface area contributed by atoms with E-state index in [0.717, 1.165) is 5.56 Å². The van der Waals surface area contributed by atoms with Crippen molar-refractivity contribution in [3.05, 3.63) is 65.7 Å². The first-order valence-corrected chi connectivity index (χ1v) is 8.21. The van der Waals surface area contributed by atoms with E-state index in [1.54, 1.807) is 0 Å². The molecule has 1 amide bonds. The highest BCUT2D eigenvalue weighted by Gasteiger charge is 2.12. The third kappa shape index (κ3) is 4.98. The van der Waals surface area contributed by atoms with Crippen LogP contribution in [0.15, 0.2) is 54.6 Å². The van der Waals surface area contributed by atoms with Crippen LogP contribution in [0.5, 0.6) is 5.75 Å². The van der Waals surface area contributed by atoms with E-state index in [9.17, 15) is 4.79 Å². The van der Waals surface area contributed by atoms with Crippen LogP contribution < -0.4 is 10.1 Å². The van der Waals surface area contributed by atoms with Gasteiger partial charge in [-0.2, -0.15) is 0 Å². The molecule has 0 aromatic heterocycles. The average molecular weight is 323 g/mol. The third-order valence-corrected chi connectivity index (χ3v) is 3.65. The van der Waals surface area contributed by atoms with Gasteiger partial charge in [-0.3, -0.25) is 4.79 Å². The number of carbonyl (C=O) groups excluding carboxylic acids is 1. The van der Waals surface area contributed by atoms with Crippen LogP contribution in [-0.2, 0) is 10.2 Å². The predicted octanol–water partition coefficient (Wildman–Crippen LogP) is 5.03. The molecule has 126 valence electrons. The van der Waals surface area contributed by atoms with Crippen molar-refractivity contribution < 1.29 is 9.53 Å². The Morgan fingerprint density at radius 1 is 1.08 bits per heavy atom. The summed E-state index contributed by atoms with van der Waals surface area (Å²) in [6.07, 6.45) is 3.35. The van der Waals surface area contributed by atoms with E-state index in [1.807, 2.05) is 49.4 Å². The van der Waals surface area contributed by atoms with Gasteiger partial charge in [-0.25, -0.2) is 0 Å². The lowest BCUT2D eigenvalue weighted by Gasteiger charge is -2.18. The molecule has 0 aliphatic carbocycles. The highest BCUT2D eigenvalue weighted by molar-refractivity contribution is 6.02. The minimum absolute atomic E-state index is 0.128. The van der Waals surface area contributed by atoms with Crippen LogP contribution in [0.3, 0.4) is 0 Å². The number of nitrogens with one attached hydrogen (secondary N) is 1. The van der Waals surface area contributed by atoms with Crippen LogP contribution in [0.1, 0.15) is 38.8 Å². The number of hydrogen-bond donors (Lipinski definition) is 1. The fourth-order valence-corrected chi connectivity index (χ4v) is 2.29. The van der Waals surface area contributed by atoms with Crippen molar-refractivity contribution in [1.29, 1.82) is 0 Å². The summed E-state index contributed by atoms with van der Waals surface area (Å²) in [6, 6.07) is 15.7. The van der Waals surface area contributed by atoms with Crippen LogP contribution >= 0.6 is 0 Å². The zero-order valence-electron chi connectivity index (χ0n) is 14.8. The predicted molar refractivity (Wildman–Crippen MR) is 100 cm³/mol. The van der Waals surface area contributed by atoms with Gasteiger partial charge >= 0.3 is 0 Å². The SMILES string of the molecule is CCOc1ccccc1NC(=O)C=Cc1ccc(C(C)(C)C)cc1. The topological polar surface area (TPSA) is 38.3 Å². The van der Waals surface area contributed by atoms with Gasteiger partial charge in [0.15, 0.2) is 0 Å². The highest BCUT2D eigenvalue weighted by Crippen LogP contribution is 2.24.